The number of thiocarbonyl (C=S) groups is 1. The Hall–Kier alpha value is -4.11. The summed E-state index contributed by atoms with van der Waals surface area (Å²) in [6.07, 6.45) is 0. The molecule has 4 aromatic rings. The maximum Gasteiger partial charge on any atom is 0.338 e. The molecule has 1 heterocycles. The average Bonchev–Trinajstić information content (AvgIpc) is 3.10. The van der Waals surface area contributed by atoms with E-state index in [-0.39, 0.29) is 29.0 Å². The first-order chi connectivity index (χ1) is 16.5. The summed E-state index contributed by atoms with van der Waals surface area (Å²) < 4.78 is 20.7. The zero-order valence-corrected chi connectivity index (χ0v) is 19.1. The molecule has 0 aliphatic rings. The number of benzene rings is 3. The van der Waals surface area contributed by atoms with Crippen molar-refractivity contribution >= 4 is 45.6 Å². The van der Waals surface area contributed by atoms with Crippen molar-refractivity contribution in [2.45, 2.75) is 13.5 Å². The Kier molecular flexibility index (Phi) is 6.93. The number of ether oxygens (including phenoxy) is 1. The van der Waals surface area contributed by atoms with Crippen LogP contribution >= 0.6 is 12.2 Å². The van der Waals surface area contributed by atoms with Gasteiger partial charge in [-0.05, 0) is 55.5 Å². The van der Waals surface area contributed by atoms with E-state index in [0.717, 1.165) is 0 Å². The molecule has 0 saturated carbocycles. The van der Waals surface area contributed by atoms with Gasteiger partial charge in [-0.25, -0.2) is 9.18 Å². The second-order valence-electron chi connectivity index (χ2n) is 7.29. The lowest BCUT2D eigenvalue weighted by Gasteiger charge is -2.08. The predicted molar refractivity (Wildman–Crippen MR) is 132 cm³/mol. The van der Waals surface area contributed by atoms with Gasteiger partial charge in [0.1, 0.15) is 5.82 Å². The van der Waals surface area contributed by atoms with Gasteiger partial charge in [-0.1, -0.05) is 36.4 Å². The van der Waals surface area contributed by atoms with Crippen LogP contribution in [-0.2, 0) is 11.3 Å². The van der Waals surface area contributed by atoms with E-state index in [0.29, 0.717) is 34.3 Å². The molecule has 0 radical (unpaired) electrons. The minimum atomic E-state index is -0.404. The van der Waals surface area contributed by atoms with E-state index in [9.17, 15) is 14.3 Å². The van der Waals surface area contributed by atoms with Crippen molar-refractivity contribution in [1.29, 1.82) is 0 Å². The summed E-state index contributed by atoms with van der Waals surface area (Å²) >= 11 is 5.25. The fourth-order valence-corrected chi connectivity index (χ4v) is 3.63. The summed E-state index contributed by atoms with van der Waals surface area (Å²) in [5.41, 5.74) is 2.39. The van der Waals surface area contributed by atoms with Crippen molar-refractivity contribution in [3.05, 3.63) is 89.7 Å². The van der Waals surface area contributed by atoms with E-state index >= 15 is 0 Å². The first-order valence-electron chi connectivity index (χ1n) is 10.5. The lowest BCUT2D eigenvalue weighted by molar-refractivity contribution is 0.0526. The van der Waals surface area contributed by atoms with Gasteiger partial charge < -0.3 is 19.7 Å². The second kappa shape index (κ2) is 10.2. The number of azo groups is 1. The number of aromatic nitrogens is 1. The van der Waals surface area contributed by atoms with Crippen LogP contribution in [0.25, 0.3) is 10.9 Å². The Morgan fingerprint density at radius 2 is 1.79 bits per heavy atom. The van der Waals surface area contributed by atoms with E-state index in [1.165, 1.54) is 6.07 Å². The molecule has 2 N–H and O–H groups in total. The first-order valence-corrected chi connectivity index (χ1v) is 10.9. The zero-order chi connectivity index (χ0) is 24.1. The number of para-hydroxylation sites is 1. The van der Waals surface area contributed by atoms with Gasteiger partial charge in [0.15, 0.2) is 5.69 Å². The maximum atomic E-state index is 14.2. The molecule has 0 saturated heterocycles. The molecule has 0 atom stereocenters. The number of nitrogens with one attached hydrogen (secondary N) is 1. The number of anilines is 1. The minimum Gasteiger partial charge on any atom is -0.493 e. The molecule has 3 aromatic carbocycles. The summed E-state index contributed by atoms with van der Waals surface area (Å²) in [5.74, 6) is -0.907. The van der Waals surface area contributed by atoms with Gasteiger partial charge in [-0.2, -0.15) is 0 Å². The number of nitrogens with zero attached hydrogens (tertiary/aromatic N) is 3. The van der Waals surface area contributed by atoms with Crippen LogP contribution in [0.5, 0.6) is 5.88 Å². The molecular formula is C25H21FN4O3S. The number of rotatable bonds is 6. The Balaban J connectivity index is 1.55. The van der Waals surface area contributed by atoms with Gasteiger partial charge >= 0.3 is 5.97 Å². The van der Waals surface area contributed by atoms with Crippen LogP contribution in [0, 0.1) is 5.82 Å². The third kappa shape index (κ3) is 4.94. The number of hydrogen-bond donors (Lipinski definition) is 2. The van der Waals surface area contributed by atoms with Gasteiger partial charge in [-0.15, -0.1) is 10.2 Å². The standard InChI is InChI=1S/C25H21FN4O3S/c1-2-33-24(32)16-11-13-18(14-12-16)27-25(34)29-28-22-19-8-4-6-10-21(19)30(23(22)31)15-17-7-3-5-9-20(17)26/h3-14,31H,2,15H2,1H3,(H,27,34). The number of fused-ring (bicyclic) bond motifs is 1. The lowest BCUT2D eigenvalue weighted by Crippen LogP contribution is -2.07. The predicted octanol–water partition coefficient (Wildman–Crippen LogP) is 6.19. The summed E-state index contributed by atoms with van der Waals surface area (Å²) in [7, 11) is 0. The third-order valence-electron chi connectivity index (χ3n) is 5.09. The summed E-state index contributed by atoms with van der Waals surface area (Å²) in [6.45, 7) is 2.17. The number of aromatic hydroxyl groups is 1. The summed E-state index contributed by atoms with van der Waals surface area (Å²) in [4.78, 5) is 11.8. The largest absolute Gasteiger partial charge is 0.493 e. The van der Waals surface area contributed by atoms with Crippen LogP contribution in [0.3, 0.4) is 0 Å². The summed E-state index contributed by atoms with van der Waals surface area (Å²) in [6, 6.07) is 20.2. The van der Waals surface area contributed by atoms with Gasteiger partial charge in [0, 0.05) is 16.6 Å². The van der Waals surface area contributed by atoms with E-state index in [1.54, 1.807) is 60.0 Å². The zero-order valence-electron chi connectivity index (χ0n) is 18.2. The van der Waals surface area contributed by atoms with E-state index in [1.807, 2.05) is 18.2 Å². The molecule has 0 fully saturated rings. The normalized spacial score (nSPS) is 11.1. The van der Waals surface area contributed by atoms with Crippen LogP contribution < -0.4 is 5.32 Å². The van der Waals surface area contributed by atoms with Crippen molar-refractivity contribution in [3.63, 3.8) is 0 Å². The van der Waals surface area contributed by atoms with Gasteiger partial charge in [0.05, 0.1) is 24.2 Å². The van der Waals surface area contributed by atoms with E-state index in [2.05, 4.69) is 15.5 Å². The number of carbonyl (C=O) groups is 1. The van der Waals surface area contributed by atoms with Crippen LogP contribution in [0.1, 0.15) is 22.8 Å². The highest BCUT2D eigenvalue weighted by molar-refractivity contribution is 7.80. The highest BCUT2D eigenvalue weighted by atomic mass is 32.1. The lowest BCUT2D eigenvalue weighted by atomic mass is 10.2. The molecule has 0 amide bonds. The van der Waals surface area contributed by atoms with E-state index < -0.39 is 5.97 Å². The van der Waals surface area contributed by atoms with Crippen molar-refractivity contribution in [2.24, 2.45) is 10.2 Å². The third-order valence-corrected chi connectivity index (χ3v) is 5.28. The molecule has 0 spiro atoms. The fraction of sp³-hybridized carbons (Fsp3) is 0.120. The molecule has 172 valence electrons. The quantitative estimate of drug-likeness (QED) is 0.197. The number of hydrogen-bond acceptors (Lipinski definition) is 5. The fourth-order valence-electron chi connectivity index (χ4n) is 3.48. The Bertz CT molecular complexity index is 1380. The van der Waals surface area contributed by atoms with Crippen LogP contribution in [-0.4, -0.2) is 27.4 Å². The van der Waals surface area contributed by atoms with Gasteiger partial charge in [0.2, 0.25) is 11.0 Å². The highest BCUT2D eigenvalue weighted by Gasteiger charge is 2.17. The molecule has 4 rings (SSSR count). The van der Waals surface area contributed by atoms with Crippen molar-refractivity contribution in [3.8, 4) is 5.88 Å². The van der Waals surface area contributed by atoms with Gasteiger partial charge in [-0.3, -0.25) is 0 Å². The molecule has 34 heavy (non-hydrogen) atoms. The minimum absolute atomic E-state index is 0.0641. The van der Waals surface area contributed by atoms with Crippen LogP contribution in [0.15, 0.2) is 83.0 Å². The Morgan fingerprint density at radius 1 is 1.09 bits per heavy atom. The molecule has 0 unspecified atom stereocenters. The van der Waals surface area contributed by atoms with E-state index in [4.69, 9.17) is 17.0 Å². The molecule has 7 nitrogen and oxygen atoms in total. The van der Waals surface area contributed by atoms with Gasteiger partial charge in [0.25, 0.3) is 0 Å². The molecule has 9 heteroatoms. The number of esters is 1. The van der Waals surface area contributed by atoms with Crippen molar-refractivity contribution in [2.75, 3.05) is 11.9 Å². The summed E-state index contributed by atoms with van der Waals surface area (Å²) in [5, 5.41) is 22.7. The maximum absolute atomic E-state index is 14.2. The van der Waals surface area contributed by atoms with Crippen molar-refractivity contribution in [1.82, 2.24) is 4.57 Å². The highest BCUT2D eigenvalue weighted by Crippen LogP contribution is 2.39. The average molecular weight is 477 g/mol. The Morgan fingerprint density at radius 3 is 2.53 bits per heavy atom. The smallest absolute Gasteiger partial charge is 0.338 e. The monoisotopic (exact) mass is 476 g/mol. The SMILES string of the molecule is CCOC(=O)c1ccc(NC(=S)N=Nc2c(O)n(Cc3ccccc3F)c3ccccc23)cc1. The molecule has 1 aromatic heterocycles. The molecule has 0 aliphatic heterocycles. The number of carbonyl (C=O) groups excluding carboxylic acids is 1. The number of halogens is 1. The van der Waals surface area contributed by atoms with Crippen LogP contribution in [0.2, 0.25) is 0 Å². The van der Waals surface area contributed by atoms with Crippen LogP contribution in [0.4, 0.5) is 15.8 Å². The molecule has 0 bridgehead atoms. The van der Waals surface area contributed by atoms with Crippen molar-refractivity contribution < 1.29 is 19.0 Å². The molecular weight excluding hydrogens is 455 g/mol. The second-order valence-corrected chi connectivity index (χ2v) is 7.68. The molecule has 0 aliphatic carbocycles. The topological polar surface area (TPSA) is 88.2 Å². The first kappa shape index (κ1) is 23.1. The Labute approximate surface area is 200 Å².